The number of hydrogen-bond acceptors (Lipinski definition) is 6. The van der Waals surface area contributed by atoms with E-state index in [2.05, 4.69) is 15.5 Å². The summed E-state index contributed by atoms with van der Waals surface area (Å²) in [4.78, 5) is 16.2. The third-order valence-corrected chi connectivity index (χ3v) is 5.64. The van der Waals surface area contributed by atoms with Crippen LogP contribution in [0.25, 0.3) is 11.5 Å². The molecule has 1 atom stereocenters. The molecule has 3 rings (SSSR count). The molecule has 2 aromatic rings. The van der Waals surface area contributed by atoms with Gasteiger partial charge in [0.25, 0.3) is 11.8 Å². The summed E-state index contributed by atoms with van der Waals surface area (Å²) >= 11 is 0. The lowest BCUT2D eigenvalue weighted by atomic mass is 10.1. The molecule has 0 saturated carbocycles. The second kappa shape index (κ2) is 6.11. The molecule has 122 valence electrons. The van der Waals surface area contributed by atoms with Crippen LogP contribution in [-0.2, 0) is 9.84 Å². The highest BCUT2D eigenvalue weighted by atomic mass is 32.2. The van der Waals surface area contributed by atoms with Gasteiger partial charge in [-0.3, -0.25) is 4.79 Å². The van der Waals surface area contributed by atoms with E-state index in [9.17, 15) is 13.2 Å². The van der Waals surface area contributed by atoms with Gasteiger partial charge >= 0.3 is 0 Å². The molecule has 7 nitrogen and oxygen atoms in total. The van der Waals surface area contributed by atoms with Crippen LogP contribution in [-0.4, -0.2) is 42.5 Å². The van der Waals surface area contributed by atoms with E-state index in [0.29, 0.717) is 30.2 Å². The van der Waals surface area contributed by atoms with E-state index in [0.717, 1.165) is 5.56 Å². The highest BCUT2D eigenvalue weighted by molar-refractivity contribution is 7.91. The number of sulfone groups is 1. The molecular weight excluding hydrogens is 318 g/mol. The lowest BCUT2D eigenvalue weighted by Crippen LogP contribution is -2.29. The van der Waals surface area contributed by atoms with Crippen molar-refractivity contribution in [2.24, 2.45) is 5.92 Å². The summed E-state index contributed by atoms with van der Waals surface area (Å²) in [7, 11) is -2.92. The first-order valence-electron chi connectivity index (χ1n) is 7.32. The average Bonchev–Trinajstić information content (AvgIpc) is 3.10. The zero-order chi connectivity index (χ0) is 16.4. The highest BCUT2D eigenvalue weighted by Gasteiger charge is 2.27. The van der Waals surface area contributed by atoms with Crippen molar-refractivity contribution in [2.75, 3.05) is 18.1 Å². The Hall–Kier alpha value is -2.22. The van der Waals surface area contributed by atoms with Gasteiger partial charge in [0.2, 0.25) is 0 Å². The van der Waals surface area contributed by atoms with Crippen molar-refractivity contribution in [1.82, 2.24) is 15.5 Å². The first-order valence-corrected chi connectivity index (χ1v) is 9.14. The minimum absolute atomic E-state index is 0.00425. The second-order valence-electron chi connectivity index (χ2n) is 5.70. The fraction of sp³-hybridized carbons (Fsp3) is 0.400. The standard InChI is InChI=1S/C15H17N3O4S/c1-10-17-15(22-18-10)13-4-2-12(3-5-13)14(19)16-8-11-6-7-23(20,21)9-11/h2-5,11H,6-9H2,1H3,(H,16,19)/t11-/m0/s1. The van der Waals surface area contributed by atoms with Crippen LogP contribution in [0.3, 0.4) is 0 Å². The zero-order valence-corrected chi connectivity index (χ0v) is 13.5. The summed E-state index contributed by atoms with van der Waals surface area (Å²) < 4.78 is 27.9. The monoisotopic (exact) mass is 335 g/mol. The number of aromatic nitrogens is 2. The maximum absolute atomic E-state index is 12.1. The minimum atomic E-state index is -2.92. The largest absolute Gasteiger partial charge is 0.352 e. The van der Waals surface area contributed by atoms with Crippen LogP contribution in [0.4, 0.5) is 0 Å². The summed E-state index contributed by atoms with van der Waals surface area (Å²) in [5.41, 5.74) is 1.25. The Labute approximate surface area is 134 Å². The number of carbonyl (C=O) groups is 1. The molecule has 8 heteroatoms. The summed E-state index contributed by atoms with van der Waals surface area (Å²) in [5.74, 6) is 1.11. The van der Waals surface area contributed by atoms with E-state index in [1.165, 1.54) is 0 Å². The van der Waals surface area contributed by atoms with Gasteiger partial charge in [-0.1, -0.05) is 5.16 Å². The molecule has 0 aliphatic carbocycles. The third kappa shape index (κ3) is 3.76. The molecule has 0 bridgehead atoms. The van der Waals surface area contributed by atoms with Gasteiger partial charge in [0.1, 0.15) is 0 Å². The molecule has 1 amide bonds. The van der Waals surface area contributed by atoms with Crippen LogP contribution in [0.5, 0.6) is 0 Å². The third-order valence-electron chi connectivity index (χ3n) is 3.80. The van der Waals surface area contributed by atoms with E-state index >= 15 is 0 Å². The Morgan fingerprint density at radius 3 is 2.65 bits per heavy atom. The van der Waals surface area contributed by atoms with Crippen LogP contribution in [0.15, 0.2) is 28.8 Å². The Bertz CT molecular complexity index is 812. The van der Waals surface area contributed by atoms with Gasteiger partial charge in [-0.2, -0.15) is 4.98 Å². The maximum Gasteiger partial charge on any atom is 0.257 e. The van der Waals surface area contributed by atoms with Gasteiger partial charge in [0, 0.05) is 17.7 Å². The normalized spacial score (nSPS) is 19.6. The summed E-state index contributed by atoms with van der Waals surface area (Å²) in [5, 5.41) is 6.51. The molecule has 1 N–H and O–H groups in total. The van der Waals surface area contributed by atoms with Gasteiger partial charge in [-0.15, -0.1) is 0 Å². The number of carbonyl (C=O) groups excluding carboxylic acids is 1. The van der Waals surface area contributed by atoms with Crippen LogP contribution < -0.4 is 5.32 Å². The van der Waals surface area contributed by atoms with Crippen LogP contribution in [0.1, 0.15) is 22.6 Å². The van der Waals surface area contributed by atoms with Gasteiger partial charge in [0.15, 0.2) is 15.7 Å². The summed E-state index contributed by atoms with van der Waals surface area (Å²) in [6, 6.07) is 6.83. The molecule has 1 aliphatic heterocycles. The maximum atomic E-state index is 12.1. The molecule has 0 unspecified atom stereocenters. The highest BCUT2D eigenvalue weighted by Crippen LogP contribution is 2.19. The molecule has 1 fully saturated rings. The fourth-order valence-corrected chi connectivity index (χ4v) is 4.41. The first kappa shape index (κ1) is 15.7. The number of nitrogens with one attached hydrogen (secondary N) is 1. The van der Waals surface area contributed by atoms with Crippen molar-refractivity contribution in [3.8, 4) is 11.5 Å². The van der Waals surface area contributed by atoms with Crippen LogP contribution >= 0.6 is 0 Å². The number of nitrogens with zero attached hydrogens (tertiary/aromatic N) is 2. The van der Waals surface area contributed by atoms with Gasteiger partial charge in [0.05, 0.1) is 11.5 Å². The molecule has 1 aliphatic rings. The number of rotatable bonds is 4. The molecule has 23 heavy (non-hydrogen) atoms. The van der Waals surface area contributed by atoms with E-state index in [1.54, 1.807) is 31.2 Å². The van der Waals surface area contributed by atoms with Crippen molar-refractivity contribution in [3.05, 3.63) is 35.7 Å². The molecule has 1 aromatic carbocycles. The quantitative estimate of drug-likeness (QED) is 0.901. The number of benzene rings is 1. The van der Waals surface area contributed by atoms with E-state index in [1.807, 2.05) is 0 Å². The predicted molar refractivity (Wildman–Crippen MR) is 83.6 cm³/mol. The first-order chi connectivity index (χ1) is 10.9. The summed E-state index contributed by atoms with van der Waals surface area (Å²) in [6.45, 7) is 2.11. The van der Waals surface area contributed by atoms with Gasteiger partial charge < -0.3 is 9.84 Å². The van der Waals surface area contributed by atoms with Crippen molar-refractivity contribution in [1.29, 1.82) is 0 Å². The van der Waals surface area contributed by atoms with Gasteiger partial charge in [-0.05, 0) is 43.5 Å². The average molecular weight is 335 g/mol. The predicted octanol–water partition coefficient (Wildman–Crippen LogP) is 1.21. The number of amides is 1. The molecule has 0 radical (unpaired) electrons. The Balaban J connectivity index is 1.60. The van der Waals surface area contributed by atoms with Gasteiger partial charge in [-0.25, -0.2) is 8.42 Å². The number of aryl methyl sites for hydroxylation is 1. The van der Waals surface area contributed by atoms with Crippen molar-refractivity contribution >= 4 is 15.7 Å². The van der Waals surface area contributed by atoms with Crippen molar-refractivity contribution in [2.45, 2.75) is 13.3 Å². The van der Waals surface area contributed by atoms with Crippen molar-refractivity contribution < 1.29 is 17.7 Å². The SMILES string of the molecule is Cc1noc(-c2ccc(C(=O)NC[C@@H]3CCS(=O)(=O)C3)cc2)n1. The Morgan fingerprint density at radius 1 is 1.35 bits per heavy atom. The van der Waals surface area contributed by atoms with Crippen LogP contribution in [0, 0.1) is 12.8 Å². The van der Waals surface area contributed by atoms with E-state index in [4.69, 9.17) is 4.52 Å². The molecular formula is C15H17N3O4S. The summed E-state index contributed by atoms with van der Waals surface area (Å²) in [6.07, 6.45) is 0.609. The molecule has 1 saturated heterocycles. The topological polar surface area (TPSA) is 102 Å². The molecule has 0 spiro atoms. The van der Waals surface area contributed by atoms with E-state index < -0.39 is 9.84 Å². The Morgan fingerprint density at radius 2 is 2.09 bits per heavy atom. The smallest absolute Gasteiger partial charge is 0.257 e. The Kier molecular flexibility index (Phi) is 4.16. The number of hydrogen-bond donors (Lipinski definition) is 1. The lowest BCUT2D eigenvalue weighted by Gasteiger charge is -2.09. The second-order valence-corrected chi connectivity index (χ2v) is 7.93. The molecule has 1 aromatic heterocycles. The minimum Gasteiger partial charge on any atom is -0.352 e. The molecule has 2 heterocycles. The van der Waals surface area contributed by atoms with Crippen LogP contribution in [0.2, 0.25) is 0 Å². The fourth-order valence-electron chi connectivity index (χ4n) is 2.55. The van der Waals surface area contributed by atoms with E-state index in [-0.39, 0.29) is 23.3 Å². The lowest BCUT2D eigenvalue weighted by molar-refractivity contribution is 0.0948. The zero-order valence-electron chi connectivity index (χ0n) is 12.7. The van der Waals surface area contributed by atoms with Crippen molar-refractivity contribution in [3.63, 3.8) is 0 Å².